The highest BCUT2D eigenvalue weighted by atomic mass is 32.2. The SMILES string of the molecule is O=C(COC(=O)CCSc1ccc(F)cc1)NC(=O)c1ccc(OC(F)F)cc1. The van der Waals surface area contributed by atoms with Crippen molar-refractivity contribution in [3.05, 3.63) is 59.9 Å². The largest absolute Gasteiger partial charge is 0.456 e. The summed E-state index contributed by atoms with van der Waals surface area (Å²) in [5, 5.41) is 2.01. The fourth-order valence-electron chi connectivity index (χ4n) is 2.02. The van der Waals surface area contributed by atoms with Gasteiger partial charge in [-0.25, -0.2) is 4.39 Å². The third-order valence-electron chi connectivity index (χ3n) is 3.35. The van der Waals surface area contributed by atoms with Crippen molar-refractivity contribution >= 4 is 29.5 Å². The molecule has 0 aromatic heterocycles. The van der Waals surface area contributed by atoms with E-state index in [4.69, 9.17) is 4.74 Å². The number of rotatable bonds is 9. The van der Waals surface area contributed by atoms with E-state index in [0.29, 0.717) is 5.75 Å². The Morgan fingerprint density at radius 3 is 2.28 bits per heavy atom. The van der Waals surface area contributed by atoms with Gasteiger partial charge in [0.15, 0.2) is 6.61 Å². The zero-order valence-corrected chi connectivity index (χ0v) is 15.7. The van der Waals surface area contributed by atoms with E-state index in [2.05, 4.69) is 4.74 Å². The van der Waals surface area contributed by atoms with Gasteiger partial charge in [0.05, 0.1) is 6.42 Å². The summed E-state index contributed by atoms with van der Waals surface area (Å²) < 4.78 is 45.9. The van der Waals surface area contributed by atoms with Crippen LogP contribution in [0.25, 0.3) is 0 Å². The molecule has 0 aliphatic heterocycles. The van der Waals surface area contributed by atoms with Crippen molar-refractivity contribution in [3.8, 4) is 5.75 Å². The molecule has 0 spiro atoms. The first-order valence-electron chi connectivity index (χ1n) is 8.26. The summed E-state index contributed by atoms with van der Waals surface area (Å²) in [6, 6.07) is 10.5. The summed E-state index contributed by atoms with van der Waals surface area (Å²) in [7, 11) is 0. The zero-order valence-electron chi connectivity index (χ0n) is 14.9. The Morgan fingerprint density at radius 1 is 1.00 bits per heavy atom. The smallest absolute Gasteiger partial charge is 0.387 e. The van der Waals surface area contributed by atoms with Crippen LogP contribution in [0.5, 0.6) is 5.75 Å². The van der Waals surface area contributed by atoms with Crippen molar-refractivity contribution in [2.45, 2.75) is 17.9 Å². The van der Waals surface area contributed by atoms with Gasteiger partial charge in [0.1, 0.15) is 11.6 Å². The Kier molecular flexibility index (Phi) is 8.53. The molecule has 0 aliphatic carbocycles. The van der Waals surface area contributed by atoms with E-state index >= 15 is 0 Å². The molecule has 6 nitrogen and oxygen atoms in total. The Labute approximate surface area is 168 Å². The number of thioether (sulfide) groups is 1. The minimum absolute atomic E-state index is 0.0227. The van der Waals surface area contributed by atoms with Gasteiger partial charge in [0.2, 0.25) is 0 Å². The lowest BCUT2D eigenvalue weighted by atomic mass is 10.2. The average molecular weight is 427 g/mol. The Bertz CT molecular complexity index is 844. The number of carbonyl (C=O) groups is 3. The summed E-state index contributed by atoms with van der Waals surface area (Å²) in [6.45, 7) is -3.63. The van der Waals surface area contributed by atoms with E-state index in [1.165, 1.54) is 36.0 Å². The first-order chi connectivity index (χ1) is 13.8. The Morgan fingerprint density at radius 2 is 1.66 bits per heavy atom. The number of esters is 1. The van der Waals surface area contributed by atoms with Gasteiger partial charge in [0, 0.05) is 16.2 Å². The summed E-state index contributed by atoms with van der Waals surface area (Å²) in [4.78, 5) is 36.0. The van der Waals surface area contributed by atoms with Crippen LogP contribution in [0.1, 0.15) is 16.8 Å². The second-order valence-electron chi connectivity index (χ2n) is 5.49. The minimum Gasteiger partial charge on any atom is -0.456 e. The molecular formula is C19H16F3NO5S. The van der Waals surface area contributed by atoms with Gasteiger partial charge < -0.3 is 9.47 Å². The normalized spacial score (nSPS) is 10.5. The molecule has 2 aromatic carbocycles. The molecule has 0 fully saturated rings. The maximum Gasteiger partial charge on any atom is 0.387 e. The second-order valence-corrected chi connectivity index (χ2v) is 6.66. The number of halogens is 3. The number of amides is 2. The molecular weight excluding hydrogens is 411 g/mol. The van der Waals surface area contributed by atoms with Crippen LogP contribution in [-0.2, 0) is 14.3 Å². The van der Waals surface area contributed by atoms with Crippen LogP contribution in [0.2, 0.25) is 0 Å². The lowest BCUT2D eigenvalue weighted by Gasteiger charge is -2.07. The first kappa shape index (κ1) is 22.3. The van der Waals surface area contributed by atoms with Gasteiger partial charge in [-0.1, -0.05) is 0 Å². The second kappa shape index (κ2) is 11.1. The topological polar surface area (TPSA) is 81.7 Å². The van der Waals surface area contributed by atoms with Gasteiger partial charge in [-0.3, -0.25) is 19.7 Å². The molecule has 2 aromatic rings. The number of imide groups is 1. The third kappa shape index (κ3) is 8.26. The molecule has 1 N–H and O–H groups in total. The van der Waals surface area contributed by atoms with Gasteiger partial charge in [0.25, 0.3) is 11.8 Å². The molecule has 2 rings (SSSR count). The van der Waals surface area contributed by atoms with E-state index in [-0.39, 0.29) is 23.6 Å². The molecule has 0 heterocycles. The molecule has 0 radical (unpaired) electrons. The van der Waals surface area contributed by atoms with E-state index < -0.39 is 31.0 Å². The van der Waals surface area contributed by atoms with Crippen LogP contribution in [0.15, 0.2) is 53.4 Å². The molecule has 29 heavy (non-hydrogen) atoms. The highest BCUT2D eigenvalue weighted by molar-refractivity contribution is 7.99. The van der Waals surface area contributed by atoms with Crippen LogP contribution in [0.4, 0.5) is 13.2 Å². The summed E-state index contributed by atoms with van der Waals surface area (Å²) >= 11 is 1.32. The molecule has 0 bridgehead atoms. The van der Waals surface area contributed by atoms with Crippen molar-refractivity contribution in [1.82, 2.24) is 5.32 Å². The fourth-order valence-corrected chi connectivity index (χ4v) is 2.86. The van der Waals surface area contributed by atoms with Crippen LogP contribution < -0.4 is 10.1 Å². The molecule has 0 saturated carbocycles. The monoisotopic (exact) mass is 427 g/mol. The van der Waals surface area contributed by atoms with E-state index in [1.807, 2.05) is 5.32 Å². The fraction of sp³-hybridized carbons (Fsp3) is 0.211. The van der Waals surface area contributed by atoms with Crippen molar-refractivity contribution in [2.24, 2.45) is 0 Å². The van der Waals surface area contributed by atoms with Crippen LogP contribution in [0.3, 0.4) is 0 Å². The highest BCUT2D eigenvalue weighted by Gasteiger charge is 2.13. The molecule has 2 amide bonds. The number of benzene rings is 2. The van der Waals surface area contributed by atoms with Crippen molar-refractivity contribution in [2.75, 3.05) is 12.4 Å². The van der Waals surface area contributed by atoms with Crippen LogP contribution in [0, 0.1) is 5.82 Å². The van der Waals surface area contributed by atoms with Crippen molar-refractivity contribution in [3.63, 3.8) is 0 Å². The lowest BCUT2D eigenvalue weighted by Crippen LogP contribution is -2.34. The molecule has 10 heteroatoms. The molecule has 0 atom stereocenters. The molecule has 0 aliphatic rings. The van der Waals surface area contributed by atoms with Crippen molar-refractivity contribution < 1.29 is 37.0 Å². The summed E-state index contributed by atoms with van der Waals surface area (Å²) in [5.74, 6) is -2.35. The molecule has 0 unspecified atom stereocenters. The van der Waals surface area contributed by atoms with E-state index in [1.54, 1.807) is 12.1 Å². The lowest BCUT2D eigenvalue weighted by molar-refractivity contribution is -0.147. The van der Waals surface area contributed by atoms with E-state index in [0.717, 1.165) is 17.0 Å². The number of ether oxygens (including phenoxy) is 2. The Hall–Kier alpha value is -3.01. The van der Waals surface area contributed by atoms with Gasteiger partial charge >= 0.3 is 12.6 Å². The third-order valence-corrected chi connectivity index (χ3v) is 4.36. The van der Waals surface area contributed by atoms with Gasteiger partial charge in [-0.05, 0) is 48.5 Å². The molecule has 154 valence electrons. The maximum absolute atomic E-state index is 12.8. The zero-order chi connectivity index (χ0) is 21.2. The van der Waals surface area contributed by atoms with Gasteiger partial charge in [-0.15, -0.1) is 11.8 Å². The number of nitrogens with one attached hydrogen (secondary N) is 1. The quantitative estimate of drug-likeness (QED) is 0.488. The molecule has 0 saturated heterocycles. The predicted molar refractivity (Wildman–Crippen MR) is 98.2 cm³/mol. The number of alkyl halides is 2. The first-order valence-corrected chi connectivity index (χ1v) is 9.25. The highest BCUT2D eigenvalue weighted by Crippen LogP contribution is 2.19. The van der Waals surface area contributed by atoms with Crippen LogP contribution >= 0.6 is 11.8 Å². The van der Waals surface area contributed by atoms with Gasteiger partial charge in [-0.2, -0.15) is 8.78 Å². The van der Waals surface area contributed by atoms with Crippen LogP contribution in [-0.4, -0.2) is 36.8 Å². The average Bonchev–Trinajstić information content (AvgIpc) is 2.68. The number of carbonyl (C=O) groups excluding carboxylic acids is 3. The number of hydrogen-bond donors (Lipinski definition) is 1. The number of hydrogen-bond acceptors (Lipinski definition) is 6. The van der Waals surface area contributed by atoms with Crippen molar-refractivity contribution in [1.29, 1.82) is 0 Å². The summed E-state index contributed by atoms with van der Waals surface area (Å²) in [5.41, 5.74) is 0.0435. The minimum atomic E-state index is -2.99. The van der Waals surface area contributed by atoms with E-state index in [9.17, 15) is 27.6 Å². The summed E-state index contributed by atoms with van der Waals surface area (Å²) in [6.07, 6.45) is 0.0227. The standard InChI is InChI=1S/C19H16F3NO5S/c20-13-3-7-15(8-4-13)29-10-9-17(25)27-11-16(24)23-18(26)12-1-5-14(6-2-12)28-19(21)22/h1-8,19H,9-11H2,(H,23,24,26). The maximum atomic E-state index is 12.8. The predicted octanol–water partition coefficient (Wildman–Crippen LogP) is 3.41. The Balaban J connectivity index is 1.68.